The molecule has 5 heteroatoms. The standard InChI is InChI=1S/C6H12NO3Si/c1-4-8-11-9-5-2-7(1)3-6-10-11/h1-6H2/q+1. The van der Waals surface area contributed by atoms with E-state index in [-0.39, 0.29) is 0 Å². The molecular formula is C6H12NO3Si+. The lowest BCUT2D eigenvalue weighted by atomic mass is 10.4. The summed E-state index contributed by atoms with van der Waals surface area (Å²) in [5.74, 6) is 0. The van der Waals surface area contributed by atoms with Crippen LogP contribution in [0.2, 0.25) is 0 Å². The summed E-state index contributed by atoms with van der Waals surface area (Å²) in [6.45, 7) is 5.36. The van der Waals surface area contributed by atoms with E-state index in [9.17, 15) is 0 Å². The molecule has 0 aromatic heterocycles. The van der Waals surface area contributed by atoms with Crippen molar-refractivity contribution in [3.63, 3.8) is 0 Å². The van der Waals surface area contributed by atoms with Gasteiger partial charge in [0.2, 0.25) is 0 Å². The fourth-order valence-electron chi connectivity index (χ4n) is 1.23. The first-order valence-corrected chi connectivity index (χ1v) is 5.15. The van der Waals surface area contributed by atoms with E-state index in [0.717, 1.165) is 39.5 Å². The van der Waals surface area contributed by atoms with Crippen molar-refractivity contribution in [3.8, 4) is 0 Å². The normalized spacial score (nSPS) is 30.5. The Morgan fingerprint density at radius 2 is 1.82 bits per heavy atom. The molecule has 0 radical (unpaired) electrons. The third-order valence-corrected chi connectivity index (χ3v) is 3.20. The highest BCUT2D eigenvalue weighted by atomic mass is 28.3. The Balaban J connectivity index is 2.09. The molecule has 1 saturated heterocycles. The lowest BCUT2D eigenvalue weighted by Gasteiger charge is -2.21. The molecule has 0 N–H and O–H groups in total. The van der Waals surface area contributed by atoms with Crippen LogP contribution >= 0.6 is 0 Å². The van der Waals surface area contributed by atoms with Crippen molar-refractivity contribution in [1.29, 1.82) is 0 Å². The number of hydrogen-bond acceptors (Lipinski definition) is 3. The van der Waals surface area contributed by atoms with Gasteiger partial charge in [-0.25, -0.2) is 0 Å². The summed E-state index contributed by atoms with van der Waals surface area (Å²) < 4.78 is 16.1. The lowest BCUT2D eigenvalue weighted by molar-refractivity contribution is -0.0248. The highest BCUT2D eigenvalue weighted by molar-refractivity contribution is 6.26. The Hall–Kier alpha value is -0.423. The number of rotatable bonds is 0. The second kappa shape index (κ2) is 3.32. The molecule has 0 aromatic carbocycles. The average molecular weight is 174 g/mol. The molecule has 3 rings (SSSR count). The number of hydrogen-bond donors (Lipinski definition) is 0. The Bertz CT molecular complexity index is 161. The minimum absolute atomic E-state index is 0.758. The van der Waals surface area contributed by atoms with Gasteiger partial charge in [-0.05, 0) is 0 Å². The summed E-state index contributed by atoms with van der Waals surface area (Å²) in [5.41, 5.74) is 0. The van der Waals surface area contributed by atoms with Crippen LogP contribution in [-0.4, -0.2) is 53.5 Å². The Labute approximate surface area is 67.3 Å². The first-order chi connectivity index (χ1) is 5.45. The zero-order valence-electron chi connectivity index (χ0n) is 6.41. The molecule has 0 atom stereocenters. The van der Waals surface area contributed by atoms with Crippen LogP contribution in [0.25, 0.3) is 0 Å². The first-order valence-electron chi connectivity index (χ1n) is 3.93. The van der Waals surface area contributed by atoms with Crippen LogP contribution in [0.3, 0.4) is 0 Å². The summed E-state index contributed by atoms with van der Waals surface area (Å²) in [6, 6.07) is 0. The molecule has 4 nitrogen and oxygen atoms in total. The molecule has 62 valence electrons. The van der Waals surface area contributed by atoms with Crippen LogP contribution in [0.5, 0.6) is 0 Å². The Morgan fingerprint density at radius 3 is 2.55 bits per heavy atom. The molecule has 3 heterocycles. The maximum atomic E-state index is 5.37. The van der Waals surface area contributed by atoms with Gasteiger partial charge < -0.3 is 12.9 Å². The average Bonchev–Trinajstić information content (AvgIpc) is 1.80. The SMILES string of the molecule is C1CN2CCO[Si](=[O+]CC2)O1. The highest BCUT2D eigenvalue weighted by Gasteiger charge is 2.34. The van der Waals surface area contributed by atoms with Gasteiger partial charge in [0.25, 0.3) is 0 Å². The van der Waals surface area contributed by atoms with Crippen LogP contribution in [0.1, 0.15) is 0 Å². The molecule has 3 aliphatic rings. The highest BCUT2D eigenvalue weighted by Crippen LogP contribution is 1.98. The predicted octanol–water partition coefficient (Wildman–Crippen LogP) is -0.700. The Kier molecular flexibility index (Phi) is 2.18. The summed E-state index contributed by atoms with van der Waals surface area (Å²) in [7, 11) is -1.35. The van der Waals surface area contributed by atoms with E-state index in [4.69, 9.17) is 12.9 Å². The molecule has 0 spiro atoms. The molecule has 0 aromatic rings. The van der Waals surface area contributed by atoms with E-state index >= 15 is 0 Å². The first kappa shape index (κ1) is 7.24. The predicted molar refractivity (Wildman–Crippen MR) is 39.7 cm³/mol. The fraction of sp³-hybridized carbons (Fsp3) is 1.00. The van der Waals surface area contributed by atoms with Crippen LogP contribution in [-0.2, 0) is 12.9 Å². The topological polar surface area (TPSA) is 33.0 Å². The third-order valence-electron chi connectivity index (χ3n) is 1.88. The van der Waals surface area contributed by atoms with Crippen molar-refractivity contribution in [2.75, 3.05) is 39.5 Å². The van der Waals surface area contributed by atoms with E-state index in [1.165, 1.54) is 0 Å². The quantitative estimate of drug-likeness (QED) is 0.360. The van der Waals surface area contributed by atoms with Gasteiger partial charge in [0.05, 0.1) is 0 Å². The molecule has 3 aliphatic heterocycles. The van der Waals surface area contributed by atoms with Gasteiger partial charge >= 0.3 is 9.17 Å². The van der Waals surface area contributed by atoms with Crippen molar-refractivity contribution in [1.82, 2.24) is 4.90 Å². The van der Waals surface area contributed by atoms with Crippen molar-refractivity contribution in [3.05, 3.63) is 0 Å². The molecule has 1 fully saturated rings. The minimum atomic E-state index is -1.35. The van der Waals surface area contributed by atoms with E-state index in [2.05, 4.69) is 4.90 Å². The summed E-state index contributed by atoms with van der Waals surface area (Å²) in [6.07, 6.45) is 0. The van der Waals surface area contributed by atoms with Crippen molar-refractivity contribution < 1.29 is 12.9 Å². The number of fused-ring (bicyclic) bond motifs is 6. The molecule has 0 amide bonds. The lowest BCUT2D eigenvalue weighted by Crippen LogP contribution is -2.41. The zero-order valence-corrected chi connectivity index (χ0v) is 7.41. The maximum absolute atomic E-state index is 5.37. The van der Waals surface area contributed by atoms with Gasteiger partial charge in [-0.1, -0.05) is 0 Å². The number of nitrogens with zero attached hydrogens (tertiary/aromatic N) is 1. The van der Waals surface area contributed by atoms with Crippen LogP contribution in [0.4, 0.5) is 0 Å². The molecule has 11 heavy (non-hydrogen) atoms. The summed E-state index contributed by atoms with van der Waals surface area (Å²) >= 11 is 0. The molecule has 0 unspecified atom stereocenters. The van der Waals surface area contributed by atoms with Crippen LogP contribution in [0.15, 0.2) is 0 Å². The van der Waals surface area contributed by atoms with E-state index in [0.29, 0.717) is 0 Å². The second-order valence-electron chi connectivity index (χ2n) is 2.64. The van der Waals surface area contributed by atoms with Crippen molar-refractivity contribution >= 4 is 9.17 Å². The monoisotopic (exact) mass is 174 g/mol. The van der Waals surface area contributed by atoms with Gasteiger partial charge in [-0.15, -0.1) is 0 Å². The summed E-state index contributed by atoms with van der Waals surface area (Å²) in [4.78, 5) is 2.30. The molecule has 2 bridgehead atoms. The van der Waals surface area contributed by atoms with Crippen molar-refractivity contribution in [2.24, 2.45) is 0 Å². The zero-order chi connectivity index (χ0) is 7.52. The van der Waals surface area contributed by atoms with E-state index < -0.39 is 9.17 Å². The van der Waals surface area contributed by atoms with E-state index in [1.807, 2.05) is 0 Å². The smallest absolute Gasteiger partial charge is 0.406 e. The van der Waals surface area contributed by atoms with Gasteiger partial charge in [0, 0.05) is 19.6 Å². The fourth-order valence-corrected chi connectivity index (χ4v) is 2.26. The molecule has 0 aliphatic carbocycles. The molecular weight excluding hydrogens is 162 g/mol. The largest absolute Gasteiger partial charge is 1.08 e. The van der Waals surface area contributed by atoms with Gasteiger partial charge in [-0.2, -0.15) is 0 Å². The summed E-state index contributed by atoms with van der Waals surface area (Å²) in [5, 5.41) is 0. The molecule has 0 saturated carbocycles. The van der Waals surface area contributed by atoms with E-state index in [1.54, 1.807) is 0 Å². The van der Waals surface area contributed by atoms with Gasteiger partial charge in [0.15, 0.2) is 0 Å². The minimum Gasteiger partial charge on any atom is -0.406 e. The van der Waals surface area contributed by atoms with Crippen LogP contribution < -0.4 is 0 Å². The van der Waals surface area contributed by atoms with Gasteiger partial charge in [0.1, 0.15) is 19.8 Å². The second-order valence-corrected chi connectivity index (χ2v) is 4.00. The third kappa shape index (κ3) is 1.78. The van der Waals surface area contributed by atoms with Crippen LogP contribution in [0, 0.1) is 0 Å². The Morgan fingerprint density at radius 1 is 1.09 bits per heavy atom. The van der Waals surface area contributed by atoms with Crippen molar-refractivity contribution in [2.45, 2.75) is 0 Å². The van der Waals surface area contributed by atoms with Gasteiger partial charge in [-0.3, -0.25) is 4.90 Å². The maximum Gasteiger partial charge on any atom is 1.08 e.